The maximum absolute atomic E-state index is 4.72. The number of H-pyrrole nitrogens is 2. The fourth-order valence-electron chi connectivity index (χ4n) is 2.87. The second kappa shape index (κ2) is 5.70. The largest absolute Gasteiger partial charge is 0.342 e. The number of rotatable bonds is 4. The molecule has 24 heavy (non-hydrogen) atoms. The molecule has 0 aliphatic heterocycles. The lowest BCUT2D eigenvalue weighted by Crippen LogP contribution is -2.03. The van der Waals surface area contributed by atoms with Crippen molar-refractivity contribution in [1.29, 1.82) is 0 Å². The van der Waals surface area contributed by atoms with Crippen LogP contribution in [0.3, 0.4) is 0 Å². The lowest BCUT2D eigenvalue weighted by Gasteiger charge is -2.07. The van der Waals surface area contributed by atoms with Gasteiger partial charge in [-0.2, -0.15) is 0 Å². The monoisotopic (exact) mass is 320 g/mol. The highest BCUT2D eigenvalue weighted by Crippen LogP contribution is 2.22. The predicted molar refractivity (Wildman–Crippen MR) is 94.0 cm³/mol. The molecule has 6 heteroatoms. The summed E-state index contributed by atoms with van der Waals surface area (Å²) in [7, 11) is 0. The van der Waals surface area contributed by atoms with Gasteiger partial charge in [0.2, 0.25) is 0 Å². The van der Waals surface area contributed by atoms with Gasteiger partial charge in [0, 0.05) is 30.4 Å². The molecule has 0 aromatic carbocycles. The van der Waals surface area contributed by atoms with Crippen LogP contribution in [-0.2, 0) is 6.42 Å². The molecular formula is C18H20N6. The average molecular weight is 320 g/mol. The van der Waals surface area contributed by atoms with Crippen LogP contribution >= 0.6 is 0 Å². The smallest absolute Gasteiger partial charge is 0.177 e. The normalized spacial score (nSPS) is 13.2. The van der Waals surface area contributed by atoms with Crippen molar-refractivity contribution in [3.63, 3.8) is 0 Å². The molecule has 0 bridgehead atoms. The fourth-order valence-corrected chi connectivity index (χ4v) is 2.87. The molecule has 1 atom stereocenters. The van der Waals surface area contributed by atoms with Gasteiger partial charge in [-0.3, -0.25) is 4.98 Å². The molecule has 0 spiro atoms. The summed E-state index contributed by atoms with van der Waals surface area (Å²) in [6, 6.07) is 5.97. The summed E-state index contributed by atoms with van der Waals surface area (Å²) in [5.41, 5.74) is 5.62. The average Bonchev–Trinajstić information content (AvgIpc) is 3.18. The van der Waals surface area contributed by atoms with Gasteiger partial charge in [-0.1, -0.05) is 20.8 Å². The number of aromatic amines is 2. The molecule has 1 unspecified atom stereocenters. The van der Waals surface area contributed by atoms with Crippen molar-refractivity contribution in [3.05, 3.63) is 47.8 Å². The van der Waals surface area contributed by atoms with Gasteiger partial charge in [-0.15, -0.1) is 0 Å². The minimum Gasteiger partial charge on any atom is -0.342 e. The Morgan fingerprint density at radius 3 is 2.75 bits per heavy atom. The van der Waals surface area contributed by atoms with Gasteiger partial charge < -0.3 is 9.97 Å². The predicted octanol–water partition coefficient (Wildman–Crippen LogP) is 3.70. The number of hydrogen-bond acceptors (Lipinski definition) is 4. The summed E-state index contributed by atoms with van der Waals surface area (Å²) in [5.74, 6) is 1.58. The number of aromatic nitrogens is 6. The molecule has 0 amide bonds. The van der Waals surface area contributed by atoms with E-state index in [4.69, 9.17) is 4.98 Å². The van der Waals surface area contributed by atoms with Gasteiger partial charge in [0.25, 0.3) is 0 Å². The highest BCUT2D eigenvalue weighted by molar-refractivity contribution is 5.72. The Kier molecular flexibility index (Phi) is 3.52. The van der Waals surface area contributed by atoms with E-state index in [1.54, 1.807) is 6.20 Å². The first-order valence-corrected chi connectivity index (χ1v) is 8.25. The minimum atomic E-state index is 0.213. The van der Waals surface area contributed by atoms with Crippen LogP contribution in [-0.4, -0.2) is 29.9 Å². The van der Waals surface area contributed by atoms with E-state index in [0.29, 0.717) is 5.92 Å². The Morgan fingerprint density at radius 1 is 1.08 bits per heavy atom. The van der Waals surface area contributed by atoms with E-state index in [0.717, 1.165) is 40.3 Å². The topological polar surface area (TPSA) is 83.1 Å². The number of imidazole rings is 1. The third-order valence-corrected chi connectivity index (χ3v) is 4.29. The summed E-state index contributed by atoms with van der Waals surface area (Å²) in [5, 5.41) is 0. The molecule has 0 aliphatic carbocycles. The van der Waals surface area contributed by atoms with Crippen LogP contribution in [0.25, 0.3) is 22.3 Å². The summed E-state index contributed by atoms with van der Waals surface area (Å²) < 4.78 is 0. The quantitative estimate of drug-likeness (QED) is 0.600. The van der Waals surface area contributed by atoms with Crippen molar-refractivity contribution in [2.24, 2.45) is 0 Å². The summed E-state index contributed by atoms with van der Waals surface area (Å²) in [4.78, 5) is 24.8. The molecule has 0 fully saturated rings. The van der Waals surface area contributed by atoms with Crippen molar-refractivity contribution in [2.45, 2.75) is 39.0 Å². The minimum absolute atomic E-state index is 0.213. The van der Waals surface area contributed by atoms with Crippen LogP contribution in [0.1, 0.15) is 49.8 Å². The van der Waals surface area contributed by atoms with E-state index < -0.39 is 0 Å². The Bertz CT molecular complexity index is 964. The van der Waals surface area contributed by atoms with Crippen LogP contribution < -0.4 is 0 Å². The molecule has 6 nitrogen and oxygen atoms in total. The van der Waals surface area contributed by atoms with Crippen molar-refractivity contribution in [1.82, 2.24) is 29.9 Å². The summed E-state index contributed by atoms with van der Waals surface area (Å²) >= 11 is 0. The van der Waals surface area contributed by atoms with Crippen LogP contribution in [0, 0.1) is 0 Å². The van der Waals surface area contributed by atoms with Gasteiger partial charge in [0.05, 0.1) is 11.2 Å². The van der Waals surface area contributed by atoms with Gasteiger partial charge in [0.1, 0.15) is 11.3 Å². The van der Waals surface area contributed by atoms with Crippen molar-refractivity contribution in [3.8, 4) is 0 Å². The Labute approximate surface area is 139 Å². The molecule has 0 saturated carbocycles. The standard InChI is InChI=1S/C18H20N6/c1-10(2)14-8-15-18(23-14)21-12(9-20-15)7-11(3)16-22-13-5-4-6-19-17(13)24-16/h4-6,8-11H,7H2,1-3H3,(H,21,23)(H,19,22,24). The molecule has 0 aliphatic rings. The highest BCUT2D eigenvalue weighted by Gasteiger charge is 2.14. The first kappa shape index (κ1) is 14.8. The zero-order valence-corrected chi connectivity index (χ0v) is 14.0. The van der Waals surface area contributed by atoms with E-state index in [-0.39, 0.29) is 5.92 Å². The second-order valence-electron chi connectivity index (χ2n) is 6.58. The maximum Gasteiger partial charge on any atom is 0.177 e. The van der Waals surface area contributed by atoms with Crippen molar-refractivity contribution < 1.29 is 0 Å². The Balaban J connectivity index is 1.60. The zero-order valence-electron chi connectivity index (χ0n) is 14.0. The van der Waals surface area contributed by atoms with Gasteiger partial charge in [-0.05, 0) is 24.1 Å². The second-order valence-corrected chi connectivity index (χ2v) is 6.58. The number of hydrogen-bond donors (Lipinski definition) is 2. The first-order valence-electron chi connectivity index (χ1n) is 8.25. The molecule has 4 rings (SSSR count). The summed E-state index contributed by atoms with van der Waals surface area (Å²) in [6.45, 7) is 6.45. The summed E-state index contributed by atoms with van der Waals surface area (Å²) in [6.07, 6.45) is 4.39. The van der Waals surface area contributed by atoms with Crippen LogP contribution in [0.15, 0.2) is 30.6 Å². The van der Waals surface area contributed by atoms with Gasteiger partial charge >= 0.3 is 0 Å². The van der Waals surface area contributed by atoms with Crippen LogP contribution in [0.4, 0.5) is 0 Å². The van der Waals surface area contributed by atoms with Gasteiger partial charge in [0.15, 0.2) is 11.3 Å². The molecular weight excluding hydrogens is 300 g/mol. The van der Waals surface area contributed by atoms with E-state index in [9.17, 15) is 0 Å². The first-order chi connectivity index (χ1) is 11.6. The lowest BCUT2D eigenvalue weighted by molar-refractivity contribution is 0.698. The van der Waals surface area contributed by atoms with E-state index in [1.807, 2.05) is 18.3 Å². The number of nitrogens with one attached hydrogen (secondary N) is 2. The molecule has 2 N–H and O–H groups in total. The van der Waals surface area contributed by atoms with Crippen molar-refractivity contribution in [2.75, 3.05) is 0 Å². The Morgan fingerprint density at radius 2 is 1.96 bits per heavy atom. The van der Waals surface area contributed by atoms with E-state index in [1.165, 1.54) is 5.69 Å². The molecule has 4 heterocycles. The number of nitrogens with zero attached hydrogens (tertiary/aromatic N) is 4. The Hall–Kier alpha value is -2.76. The molecule has 0 radical (unpaired) electrons. The van der Waals surface area contributed by atoms with E-state index in [2.05, 4.69) is 51.8 Å². The number of pyridine rings is 1. The third kappa shape index (κ3) is 2.64. The maximum atomic E-state index is 4.72. The van der Waals surface area contributed by atoms with Gasteiger partial charge in [-0.25, -0.2) is 15.0 Å². The fraction of sp³-hybridized carbons (Fsp3) is 0.333. The molecule has 4 aromatic rings. The van der Waals surface area contributed by atoms with E-state index >= 15 is 0 Å². The van der Waals surface area contributed by atoms with Crippen LogP contribution in [0.2, 0.25) is 0 Å². The molecule has 4 aromatic heterocycles. The lowest BCUT2D eigenvalue weighted by atomic mass is 10.1. The highest BCUT2D eigenvalue weighted by atomic mass is 15.0. The SMILES string of the molecule is CC(C)c1cc2ncc(CC(C)c3nc4ncccc4[nH]3)nc2[nH]1. The third-order valence-electron chi connectivity index (χ3n) is 4.29. The van der Waals surface area contributed by atoms with Crippen LogP contribution in [0.5, 0.6) is 0 Å². The van der Waals surface area contributed by atoms with Crippen molar-refractivity contribution >= 4 is 22.3 Å². The zero-order chi connectivity index (χ0) is 16.7. The molecule has 0 saturated heterocycles. The number of fused-ring (bicyclic) bond motifs is 2. The molecule has 122 valence electrons.